The smallest absolute Gasteiger partial charge is 0.244 e. The monoisotopic (exact) mass is 246 g/mol. The summed E-state index contributed by atoms with van der Waals surface area (Å²) in [6, 6.07) is 8.08. The summed E-state index contributed by atoms with van der Waals surface area (Å²) >= 11 is 0. The Hall–Kier alpha value is -1.35. The van der Waals surface area contributed by atoms with E-state index in [2.05, 4.69) is 36.6 Å². The summed E-state index contributed by atoms with van der Waals surface area (Å²) in [6.07, 6.45) is 3.84. The summed E-state index contributed by atoms with van der Waals surface area (Å²) < 4.78 is 0. The van der Waals surface area contributed by atoms with E-state index >= 15 is 0 Å². The van der Waals surface area contributed by atoms with Crippen LogP contribution in [0.4, 0.5) is 5.69 Å². The molecule has 1 heterocycles. The van der Waals surface area contributed by atoms with E-state index in [4.69, 9.17) is 0 Å². The number of nitrogens with one attached hydrogen (secondary N) is 2. The number of carbonyl (C=O) groups is 1. The first-order chi connectivity index (χ1) is 8.70. The maximum absolute atomic E-state index is 12.4. The average Bonchev–Trinajstić information content (AvgIpc) is 2.89. The van der Waals surface area contributed by atoms with Crippen LogP contribution in [0.5, 0.6) is 0 Å². The van der Waals surface area contributed by atoms with Crippen molar-refractivity contribution in [1.82, 2.24) is 5.32 Å². The van der Waals surface area contributed by atoms with Crippen molar-refractivity contribution in [1.29, 1.82) is 0 Å². The van der Waals surface area contributed by atoms with Crippen LogP contribution in [-0.2, 0) is 11.2 Å². The number of hydrogen-bond acceptors (Lipinski definition) is 2. The first-order valence-corrected chi connectivity index (χ1v) is 6.85. The molecule has 1 aliphatic heterocycles. The maximum Gasteiger partial charge on any atom is 0.244 e. The molecule has 0 bridgehead atoms. The van der Waals surface area contributed by atoms with Crippen molar-refractivity contribution in [2.24, 2.45) is 0 Å². The Morgan fingerprint density at radius 3 is 2.89 bits per heavy atom. The van der Waals surface area contributed by atoms with E-state index in [0.717, 1.165) is 37.9 Å². The Labute approximate surface area is 109 Å². The van der Waals surface area contributed by atoms with Crippen molar-refractivity contribution in [3.8, 4) is 0 Å². The molecule has 1 amide bonds. The fraction of sp³-hybridized carbons (Fsp3) is 0.533. The second-order valence-electron chi connectivity index (χ2n) is 4.97. The highest BCUT2D eigenvalue weighted by molar-refractivity contribution is 5.98. The average molecular weight is 246 g/mol. The molecule has 1 aromatic carbocycles. The molecule has 1 fully saturated rings. The minimum atomic E-state index is -0.359. The molecule has 3 heteroatoms. The van der Waals surface area contributed by atoms with E-state index in [9.17, 15) is 4.79 Å². The number of carbonyl (C=O) groups excluding carboxylic acids is 1. The van der Waals surface area contributed by atoms with Gasteiger partial charge >= 0.3 is 0 Å². The van der Waals surface area contributed by atoms with Gasteiger partial charge in [0, 0.05) is 5.69 Å². The van der Waals surface area contributed by atoms with Gasteiger partial charge in [0.15, 0.2) is 0 Å². The number of hydrogen-bond donors (Lipinski definition) is 2. The van der Waals surface area contributed by atoms with E-state index in [1.54, 1.807) is 0 Å². The molecule has 1 aromatic rings. The molecule has 2 N–H and O–H groups in total. The van der Waals surface area contributed by atoms with Crippen LogP contribution in [0.15, 0.2) is 24.3 Å². The first kappa shape index (κ1) is 13.1. The molecule has 0 aliphatic carbocycles. The molecule has 3 nitrogen and oxygen atoms in total. The topological polar surface area (TPSA) is 41.1 Å². The lowest BCUT2D eigenvalue weighted by molar-refractivity contribution is -0.122. The molecule has 1 unspecified atom stereocenters. The van der Waals surface area contributed by atoms with Crippen LogP contribution in [-0.4, -0.2) is 18.0 Å². The fourth-order valence-corrected chi connectivity index (χ4v) is 2.58. The van der Waals surface area contributed by atoms with Crippen LogP contribution in [0.2, 0.25) is 0 Å². The van der Waals surface area contributed by atoms with E-state index in [1.807, 2.05) is 12.1 Å². The second-order valence-corrected chi connectivity index (χ2v) is 4.97. The number of aryl methyl sites for hydroxylation is 1. The van der Waals surface area contributed by atoms with E-state index in [0.29, 0.717) is 0 Å². The minimum absolute atomic E-state index is 0.107. The van der Waals surface area contributed by atoms with Crippen molar-refractivity contribution in [3.05, 3.63) is 29.8 Å². The molecule has 2 rings (SSSR count). The Morgan fingerprint density at radius 1 is 1.44 bits per heavy atom. The van der Waals surface area contributed by atoms with Crippen molar-refractivity contribution in [2.75, 3.05) is 11.9 Å². The molecule has 18 heavy (non-hydrogen) atoms. The van der Waals surface area contributed by atoms with Gasteiger partial charge in [0.25, 0.3) is 0 Å². The number of rotatable bonds is 4. The summed E-state index contributed by atoms with van der Waals surface area (Å²) in [4.78, 5) is 12.4. The van der Waals surface area contributed by atoms with Gasteiger partial charge in [-0.3, -0.25) is 4.79 Å². The summed E-state index contributed by atoms with van der Waals surface area (Å²) in [6.45, 7) is 5.13. The molecule has 1 atom stereocenters. The molecule has 0 saturated carbocycles. The third-order valence-electron chi connectivity index (χ3n) is 3.88. The van der Waals surface area contributed by atoms with Gasteiger partial charge in [-0.2, -0.15) is 0 Å². The van der Waals surface area contributed by atoms with E-state index in [1.165, 1.54) is 5.56 Å². The number of anilines is 1. The molecule has 0 aromatic heterocycles. The van der Waals surface area contributed by atoms with Crippen molar-refractivity contribution in [3.63, 3.8) is 0 Å². The minimum Gasteiger partial charge on any atom is -0.324 e. The van der Waals surface area contributed by atoms with Gasteiger partial charge in [0.1, 0.15) is 0 Å². The molecule has 1 saturated heterocycles. The zero-order chi connectivity index (χ0) is 13.0. The van der Waals surface area contributed by atoms with E-state index < -0.39 is 0 Å². The van der Waals surface area contributed by atoms with Gasteiger partial charge in [0.05, 0.1) is 5.54 Å². The SMILES string of the molecule is CCc1cccc(NC(=O)C2(CC)CCCN2)c1. The zero-order valence-electron chi connectivity index (χ0n) is 11.3. The van der Waals surface area contributed by atoms with Crippen LogP contribution < -0.4 is 10.6 Å². The fourth-order valence-electron chi connectivity index (χ4n) is 2.58. The first-order valence-electron chi connectivity index (χ1n) is 6.85. The zero-order valence-corrected chi connectivity index (χ0v) is 11.3. The van der Waals surface area contributed by atoms with Gasteiger partial charge in [-0.05, 0) is 49.9 Å². The molecule has 0 radical (unpaired) electrons. The summed E-state index contributed by atoms with van der Waals surface area (Å²) in [5, 5.41) is 6.41. The number of amides is 1. The van der Waals surface area contributed by atoms with Crippen molar-refractivity contribution >= 4 is 11.6 Å². The quantitative estimate of drug-likeness (QED) is 0.857. The Morgan fingerprint density at radius 2 is 2.28 bits per heavy atom. The highest BCUT2D eigenvalue weighted by Crippen LogP contribution is 2.25. The lowest BCUT2D eigenvalue weighted by atomic mass is 9.93. The molecular weight excluding hydrogens is 224 g/mol. The van der Waals surface area contributed by atoms with Crippen LogP contribution >= 0.6 is 0 Å². The summed E-state index contributed by atoms with van der Waals surface area (Å²) in [5.74, 6) is 0.107. The predicted octanol–water partition coefficient (Wildman–Crippen LogP) is 2.72. The van der Waals surface area contributed by atoms with Crippen LogP contribution in [0.25, 0.3) is 0 Å². The van der Waals surface area contributed by atoms with Gasteiger partial charge in [-0.15, -0.1) is 0 Å². The van der Waals surface area contributed by atoms with Crippen LogP contribution in [0, 0.1) is 0 Å². The number of benzene rings is 1. The van der Waals surface area contributed by atoms with Gasteiger partial charge < -0.3 is 10.6 Å². The Kier molecular flexibility index (Phi) is 4.02. The standard InChI is InChI=1S/C15H22N2O/c1-3-12-7-5-8-13(11-12)17-14(18)15(4-2)9-6-10-16-15/h5,7-8,11,16H,3-4,6,9-10H2,1-2H3,(H,17,18). The Bertz CT molecular complexity index is 422. The largest absolute Gasteiger partial charge is 0.324 e. The second kappa shape index (κ2) is 5.53. The third kappa shape index (κ3) is 2.56. The summed E-state index contributed by atoms with van der Waals surface area (Å²) in [7, 11) is 0. The summed E-state index contributed by atoms with van der Waals surface area (Å²) in [5.41, 5.74) is 1.79. The third-order valence-corrected chi connectivity index (χ3v) is 3.88. The highest BCUT2D eigenvalue weighted by atomic mass is 16.2. The van der Waals surface area contributed by atoms with Crippen molar-refractivity contribution < 1.29 is 4.79 Å². The van der Waals surface area contributed by atoms with Gasteiger partial charge in [-0.1, -0.05) is 26.0 Å². The highest BCUT2D eigenvalue weighted by Gasteiger charge is 2.38. The molecule has 1 aliphatic rings. The lowest BCUT2D eigenvalue weighted by Crippen LogP contribution is -2.50. The maximum atomic E-state index is 12.4. The molecule has 0 spiro atoms. The lowest BCUT2D eigenvalue weighted by Gasteiger charge is -2.26. The predicted molar refractivity (Wildman–Crippen MR) is 74.7 cm³/mol. The van der Waals surface area contributed by atoms with Crippen molar-refractivity contribution in [2.45, 2.75) is 45.1 Å². The van der Waals surface area contributed by atoms with Gasteiger partial charge in [-0.25, -0.2) is 0 Å². The van der Waals surface area contributed by atoms with E-state index in [-0.39, 0.29) is 11.4 Å². The Balaban J connectivity index is 2.10. The normalized spacial score (nSPS) is 23.0. The molecular formula is C15H22N2O. The van der Waals surface area contributed by atoms with Crippen LogP contribution in [0.1, 0.15) is 38.7 Å². The van der Waals surface area contributed by atoms with Gasteiger partial charge in [0.2, 0.25) is 5.91 Å². The van der Waals surface area contributed by atoms with Crippen LogP contribution in [0.3, 0.4) is 0 Å². The molecule has 98 valence electrons.